The third kappa shape index (κ3) is 4.99. The van der Waals surface area contributed by atoms with E-state index in [9.17, 15) is 14.1 Å². The number of allylic oxidation sites excluding steroid dienone is 2. The van der Waals surface area contributed by atoms with Crippen molar-refractivity contribution in [3.05, 3.63) is 64.0 Å². The average Bonchev–Trinajstić information content (AvgIpc) is 2.82. The summed E-state index contributed by atoms with van der Waals surface area (Å²) in [5.41, 5.74) is 9.11. The summed E-state index contributed by atoms with van der Waals surface area (Å²) >= 11 is 3.04. The maximum Gasteiger partial charge on any atom is 0.269 e. The van der Waals surface area contributed by atoms with Gasteiger partial charge in [0.05, 0.1) is 6.04 Å². The number of hydrogen-bond acceptors (Lipinski definition) is 5. The van der Waals surface area contributed by atoms with Gasteiger partial charge < -0.3 is 20.3 Å². The normalized spacial score (nSPS) is 20.1. The maximum atomic E-state index is 12.9. The van der Waals surface area contributed by atoms with Crippen LogP contribution in [0.25, 0.3) is 5.57 Å². The number of carbonyl (C=O) groups excluding carboxylic acids is 2. The van der Waals surface area contributed by atoms with E-state index in [1.165, 1.54) is 10.4 Å². The van der Waals surface area contributed by atoms with Crippen LogP contribution in [0.3, 0.4) is 0 Å². The summed E-state index contributed by atoms with van der Waals surface area (Å²) < 4.78 is 17.9. The Labute approximate surface area is 189 Å². The molecule has 2 aliphatic heterocycles. The summed E-state index contributed by atoms with van der Waals surface area (Å²) in [6, 6.07) is 7.21. The van der Waals surface area contributed by atoms with Crippen molar-refractivity contribution in [2.24, 2.45) is 5.73 Å². The van der Waals surface area contributed by atoms with E-state index in [4.69, 9.17) is 10.5 Å². The first-order valence-corrected chi connectivity index (χ1v) is 10.8. The standard InChI is InChI=1S/C22H26BrFN4O3/c1-14-18(4-3-11-28(14)22(30)19(23)20(25)26-24)15-5-7-16(8-6-15)21(29)27(2)17-9-12-31-13-10-17/h3-8,11,14,17,26H,9-10,12-13,25H2,1-2H3/b20-19-. The molecule has 1 aromatic rings. The molecule has 7 nitrogen and oxygen atoms in total. The molecule has 0 spiro atoms. The number of ether oxygens (including phenoxy) is 1. The van der Waals surface area contributed by atoms with Crippen molar-refractivity contribution in [2.75, 3.05) is 20.3 Å². The van der Waals surface area contributed by atoms with E-state index in [-0.39, 0.29) is 22.5 Å². The van der Waals surface area contributed by atoms with Crippen LogP contribution < -0.4 is 11.3 Å². The van der Waals surface area contributed by atoms with Gasteiger partial charge in [0.15, 0.2) is 0 Å². The van der Waals surface area contributed by atoms with Crippen LogP contribution in [-0.4, -0.2) is 54.0 Å². The van der Waals surface area contributed by atoms with Gasteiger partial charge >= 0.3 is 0 Å². The van der Waals surface area contributed by atoms with E-state index in [2.05, 4.69) is 15.9 Å². The highest BCUT2D eigenvalue weighted by atomic mass is 79.9. The zero-order chi connectivity index (χ0) is 22.5. The van der Waals surface area contributed by atoms with Crippen molar-refractivity contribution >= 4 is 33.3 Å². The minimum absolute atomic E-state index is 0.0240. The Morgan fingerprint density at radius 1 is 1.26 bits per heavy atom. The zero-order valence-corrected chi connectivity index (χ0v) is 19.1. The van der Waals surface area contributed by atoms with Crippen molar-refractivity contribution in [3.8, 4) is 0 Å². The number of nitrogens with two attached hydrogens (primary N) is 1. The van der Waals surface area contributed by atoms with Crippen LogP contribution in [0.5, 0.6) is 0 Å². The molecule has 2 amide bonds. The molecule has 0 saturated carbocycles. The van der Waals surface area contributed by atoms with Crippen molar-refractivity contribution in [3.63, 3.8) is 0 Å². The Morgan fingerprint density at radius 2 is 1.90 bits per heavy atom. The fourth-order valence-electron chi connectivity index (χ4n) is 3.76. The molecule has 2 aliphatic rings. The Balaban J connectivity index is 1.74. The average molecular weight is 493 g/mol. The van der Waals surface area contributed by atoms with Crippen LogP contribution >= 0.6 is 15.9 Å². The second-order valence-electron chi connectivity index (χ2n) is 7.51. The van der Waals surface area contributed by atoms with E-state index in [0.717, 1.165) is 24.0 Å². The lowest BCUT2D eigenvalue weighted by Gasteiger charge is -2.32. The number of rotatable bonds is 5. The van der Waals surface area contributed by atoms with Gasteiger partial charge in [-0.15, -0.1) is 4.48 Å². The number of nitrogens with zero attached hydrogens (tertiary/aromatic N) is 2. The Kier molecular flexibility index (Phi) is 7.50. The van der Waals surface area contributed by atoms with Crippen molar-refractivity contribution in [1.82, 2.24) is 15.3 Å². The van der Waals surface area contributed by atoms with Crippen LogP contribution in [0.4, 0.5) is 4.48 Å². The molecule has 0 radical (unpaired) electrons. The minimum Gasteiger partial charge on any atom is -0.383 e. The van der Waals surface area contributed by atoms with Gasteiger partial charge in [0.2, 0.25) is 0 Å². The fraction of sp³-hybridized carbons (Fsp3) is 0.364. The second kappa shape index (κ2) is 10.1. The molecule has 166 valence electrons. The molecule has 1 unspecified atom stereocenters. The monoisotopic (exact) mass is 492 g/mol. The number of nitrogens with one attached hydrogen (secondary N) is 1. The first kappa shape index (κ1) is 23.0. The van der Waals surface area contributed by atoms with E-state index >= 15 is 0 Å². The Hall–Kier alpha value is -2.65. The van der Waals surface area contributed by atoms with Crippen molar-refractivity contribution in [2.45, 2.75) is 31.8 Å². The summed E-state index contributed by atoms with van der Waals surface area (Å²) in [6.45, 7) is 3.22. The van der Waals surface area contributed by atoms with Crippen LogP contribution in [0, 0.1) is 0 Å². The van der Waals surface area contributed by atoms with Gasteiger partial charge in [-0.1, -0.05) is 18.2 Å². The van der Waals surface area contributed by atoms with Crippen molar-refractivity contribution in [1.29, 1.82) is 0 Å². The molecule has 31 heavy (non-hydrogen) atoms. The predicted octanol–water partition coefficient (Wildman–Crippen LogP) is 3.06. The lowest BCUT2D eigenvalue weighted by molar-refractivity contribution is -0.124. The number of amides is 2. The quantitative estimate of drug-likeness (QED) is 0.487. The van der Waals surface area contributed by atoms with Crippen LogP contribution in [0.1, 0.15) is 35.7 Å². The first-order chi connectivity index (χ1) is 14.8. The molecule has 9 heteroatoms. The molecular weight excluding hydrogens is 467 g/mol. The van der Waals surface area contributed by atoms with Gasteiger partial charge in [0.1, 0.15) is 10.3 Å². The number of halogens is 2. The molecule has 1 saturated heterocycles. The molecule has 2 heterocycles. The molecule has 0 aliphatic carbocycles. The highest BCUT2D eigenvalue weighted by Gasteiger charge is 2.28. The number of hydrogen-bond donors (Lipinski definition) is 2. The molecule has 0 aromatic heterocycles. The number of carbonyl (C=O) groups is 2. The van der Waals surface area contributed by atoms with E-state index in [1.54, 1.807) is 29.3 Å². The first-order valence-electron chi connectivity index (χ1n) is 10.0. The van der Waals surface area contributed by atoms with Gasteiger partial charge in [-0.3, -0.25) is 9.59 Å². The molecule has 1 atom stereocenters. The van der Waals surface area contributed by atoms with Gasteiger partial charge in [-0.2, -0.15) is 0 Å². The van der Waals surface area contributed by atoms with Gasteiger partial charge in [-0.25, -0.2) is 5.54 Å². The van der Waals surface area contributed by atoms with E-state index in [1.807, 2.05) is 32.2 Å². The maximum absolute atomic E-state index is 12.9. The summed E-state index contributed by atoms with van der Waals surface area (Å²) in [7, 11) is 1.83. The van der Waals surface area contributed by atoms with Gasteiger partial charge in [0.25, 0.3) is 11.8 Å². The van der Waals surface area contributed by atoms with Crippen LogP contribution in [-0.2, 0) is 9.53 Å². The topological polar surface area (TPSA) is 87.9 Å². The second-order valence-corrected chi connectivity index (χ2v) is 8.30. The van der Waals surface area contributed by atoms with Crippen molar-refractivity contribution < 1.29 is 18.8 Å². The summed E-state index contributed by atoms with van der Waals surface area (Å²) in [5.74, 6) is -0.885. The summed E-state index contributed by atoms with van der Waals surface area (Å²) in [5, 5.41) is 0. The smallest absolute Gasteiger partial charge is 0.269 e. The highest BCUT2D eigenvalue weighted by Crippen LogP contribution is 2.29. The minimum atomic E-state index is -0.470. The largest absolute Gasteiger partial charge is 0.383 e. The summed E-state index contributed by atoms with van der Waals surface area (Å²) in [4.78, 5) is 28.8. The van der Waals surface area contributed by atoms with E-state index < -0.39 is 11.7 Å². The lowest BCUT2D eigenvalue weighted by Crippen LogP contribution is -2.40. The van der Waals surface area contributed by atoms with Gasteiger partial charge in [0, 0.05) is 38.1 Å². The molecule has 0 bridgehead atoms. The molecule has 1 fully saturated rings. The number of benzene rings is 1. The molecular formula is C22H26BrFN4O3. The molecule has 3 rings (SSSR count). The van der Waals surface area contributed by atoms with Crippen LogP contribution in [0.2, 0.25) is 0 Å². The third-order valence-corrected chi connectivity index (χ3v) is 6.44. The van der Waals surface area contributed by atoms with Crippen LogP contribution in [0.15, 0.2) is 52.9 Å². The molecule has 3 N–H and O–H groups in total. The van der Waals surface area contributed by atoms with E-state index in [0.29, 0.717) is 18.8 Å². The lowest BCUT2D eigenvalue weighted by atomic mass is 9.95. The summed E-state index contributed by atoms with van der Waals surface area (Å²) in [6.07, 6.45) is 6.95. The third-order valence-electron chi connectivity index (χ3n) is 5.67. The Morgan fingerprint density at radius 3 is 2.52 bits per heavy atom. The van der Waals surface area contributed by atoms with Gasteiger partial charge in [-0.05, 0) is 65.0 Å². The fourth-order valence-corrected chi connectivity index (χ4v) is 4.04. The SMILES string of the molecule is CC1C(c2ccc(C(=O)N(C)C3CCOCC3)cc2)=CC=CN1C(=O)/C(Br)=C(\N)NF. The highest BCUT2D eigenvalue weighted by molar-refractivity contribution is 9.12. The Bertz CT molecular complexity index is 923. The zero-order valence-electron chi connectivity index (χ0n) is 17.5. The predicted molar refractivity (Wildman–Crippen MR) is 120 cm³/mol. The molecule has 1 aromatic carbocycles.